The molecule has 3 N–H and O–H groups in total. The zero-order valence-electron chi connectivity index (χ0n) is 9.04. The Hall–Kier alpha value is -1.63. The Morgan fingerprint density at radius 2 is 2.25 bits per heavy atom. The van der Waals surface area contributed by atoms with E-state index in [1.165, 1.54) is 0 Å². The second-order valence-corrected chi connectivity index (χ2v) is 3.42. The van der Waals surface area contributed by atoms with Crippen LogP contribution in [0, 0.1) is 0 Å². The number of carbonyl (C=O) groups excluding carboxylic acids is 3. The highest BCUT2D eigenvalue weighted by molar-refractivity contribution is 6.05. The Labute approximate surface area is 92.9 Å². The molecule has 1 unspecified atom stereocenters. The van der Waals surface area contributed by atoms with Crippen molar-refractivity contribution in [3.63, 3.8) is 0 Å². The van der Waals surface area contributed by atoms with Crippen LogP contribution >= 0.6 is 0 Å². The number of carbonyl (C=O) groups is 3. The van der Waals surface area contributed by atoms with Crippen molar-refractivity contribution in [2.45, 2.75) is 18.9 Å². The summed E-state index contributed by atoms with van der Waals surface area (Å²) in [6, 6.07) is -1.31. The lowest BCUT2D eigenvalue weighted by Gasteiger charge is -2.07. The SMILES string of the molecule is COCCCNC(=O)CC1NC(=O)NC1=O. The van der Waals surface area contributed by atoms with Crippen LogP contribution in [0.5, 0.6) is 0 Å². The number of hydrogen-bond donors (Lipinski definition) is 3. The fourth-order valence-corrected chi connectivity index (χ4v) is 1.30. The van der Waals surface area contributed by atoms with Crippen LogP contribution in [-0.4, -0.2) is 44.1 Å². The van der Waals surface area contributed by atoms with Crippen LogP contribution in [0.3, 0.4) is 0 Å². The van der Waals surface area contributed by atoms with E-state index in [4.69, 9.17) is 4.74 Å². The van der Waals surface area contributed by atoms with Crippen LogP contribution in [-0.2, 0) is 14.3 Å². The van der Waals surface area contributed by atoms with Crippen LogP contribution in [0.4, 0.5) is 4.79 Å². The lowest BCUT2D eigenvalue weighted by molar-refractivity contribution is -0.126. The van der Waals surface area contributed by atoms with E-state index in [1.807, 2.05) is 0 Å². The number of amides is 4. The molecule has 1 fully saturated rings. The molecule has 0 spiro atoms. The summed E-state index contributed by atoms with van der Waals surface area (Å²) in [5.74, 6) is -0.726. The fraction of sp³-hybridized carbons (Fsp3) is 0.667. The van der Waals surface area contributed by atoms with Gasteiger partial charge in [0.2, 0.25) is 5.91 Å². The molecule has 0 radical (unpaired) electrons. The van der Waals surface area contributed by atoms with Gasteiger partial charge in [0.05, 0.1) is 6.42 Å². The van der Waals surface area contributed by atoms with Crippen LogP contribution in [0.15, 0.2) is 0 Å². The summed E-state index contributed by atoms with van der Waals surface area (Å²) in [7, 11) is 1.58. The van der Waals surface area contributed by atoms with Crippen LogP contribution in [0.1, 0.15) is 12.8 Å². The van der Waals surface area contributed by atoms with Gasteiger partial charge in [-0.3, -0.25) is 14.9 Å². The van der Waals surface area contributed by atoms with Gasteiger partial charge in [-0.15, -0.1) is 0 Å². The summed E-state index contributed by atoms with van der Waals surface area (Å²) in [5, 5.41) is 7.04. The predicted octanol–water partition coefficient (Wildman–Crippen LogP) is -1.26. The minimum Gasteiger partial charge on any atom is -0.385 e. The van der Waals surface area contributed by atoms with E-state index >= 15 is 0 Å². The van der Waals surface area contributed by atoms with Gasteiger partial charge in [-0.1, -0.05) is 0 Å². The third kappa shape index (κ3) is 3.85. The van der Waals surface area contributed by atoms with Crippen molar-refractivity contribution in [3.05, 3.63) is 0 Å². The Kier molecular flexibility index (Phi) is 4.71. The van der Waals surface area contributed by atoms with Crippen LogP contribution in [0.25, 0.3) is 0 Å². The highest BCUT2D eigenvalue weighted by atomic mass is 16.5. The number of imide groups is 1. The monoisotopic (exact) mass is 229 g/mol. The molecule has 1 aliphatic heterocycles. The lowest BCUT2D eigenvalue weighted by atomic mass is 10.2. The van der Waals surface area contributed by atoms with Crippen molar-refractivity contribution < 1.29 is 19.1 Å². The Morgan fingerprint density at radius 3 is 2.81 bits per heavy atom. The molecule has 7 nitrogen and oxygen atoms in total. The summed E-state index contributed by atoms with van der Waals surface area (Å²) in [6.45, 7) is 1.07. The highest BCUT2D eigenvalue weighted by Gasteiger charge is 2.30. The topological polar surface area (TPSA) is 96.5 Å². The van der Waals surface area contributed by atoms with Gasteiger partial charge in [-0.2, -0.15) is 0 Å². The Morgan fingerprint density at radius 1 is 1.50 bits per heavy atom. The smallest absolute Gasteiger partial charge is 0.322 e. The quantitative estimate of drug-likeness (QED) is 0.391. The first kappa shape index (κ1) is 12.4. The average Bonchev–Trinajstić information content (AvgIpc) is 2.52. The second-order valence-electron chi connectivity index (χ2n) is 3.42. The summed E-state index contributed by atoms with van der Waals surface area (Å²) >= 11 is 0. The van der Waals surface area contributed by atoms with Gasteiger partial charge in [-0.05, 0) is 6.42 Å². The molecular formula is C9H15N3O4. The molecule has 16 heavy (non-hydrogen) atoms. The molecule has 7 heteroatoms. The largest absolute Gasteiger partial charge is 0.385 e. The Bertz CT molecular complexity index is 292. The van der Waals surface area contributed by atoms with Gasteiger partial charge in [-0.25, -0.2) is 4.79 Å². The van der Waals surface area contributed by atoms with Gasteiger partial charge in [0.1, 0.15) is 6.04 Å². The van der Waals surface area contributed by atoms with Gasteiger partial charge in [0.25, 0.3) is 5.91 Å². The number of methoxy groups -OCH3 is 1. The van der Waals surface area contributed by atoms with E-state index in [0.717, 1.165) is 0 Å². The van der Waals surface area contributed by atoms with Gasteiger partial charge in [0, 0.05) is 20.3 Å². The van der Waals surface area contributed by atoms with E-state index in [2.05, 4.69) is 16.0 Å². The molecule has 0 saturated carbocycles. The molecule has 1 atom stereocenters. The summed E-state index contributed by atoms with van der Waals surface area (Å²) in [4.78, 5) is 33.2. The molecular weight excluding hydrogens is 214 g/mol. The van der Waals surface area contributed by atoms with Gasteiger partial charge >= 0.3 is 6.03 Å². The molecule has 0 aromatic heterocycles. The molecule has 1 saturated heterocycles. The maximum absolute atomic E-state index is 11.3. The van der Waals surface area contributed by atoms with Crippen LogP contribution in [0.2, 0.25) is 0 Å². The average molecular weight is 229 g/mol. The molecule has 1 heterocycles. The number of nitrogens with one attached hydrogen (secondary N) is 3. The van der Waals surface area contributed by atoms with E-state index in [1.54, 1.807) is 7.11 Å². The highest BCUT2D eigenvalue weighted by Crippen LogP contribution is 1.98. The lowest BCUT2D eigenvalue weighted by Crippen LogP contribution is -2.36. The summed E-state index contributed by atoms with van der Waals surface area (Å²) in [5.41, 5.74) is 0. The molecule has 1 rings (SSSR count). The Balaban J connectivity index is 2.19. The fourth-order valence-electron chi connectivity index (χ4n) is 1.30. The first-order valence-electron chi connectivity index (χ1n) is 5.00. The minimum absolute atomic E-state index is 0.0371. The zero-order chi connectivity index (χ0) is 12.0. The predicted molar refractivity (Wildman–Crippen MR) is 54.6 cm³/mol. The van der Waals surface area contributed by atoms with Crippen molar-refractivity contribution >= 4 is 17.8 Å². The molecule has 0 aromatic carbocycles. The number of urea groups is 1. The maximum Gasteiger partial charge on any atom is 0.322 e. The van der Waals surface area contributed by atoms with E-state index < -0.39 is 18.0 Å². The standard InChI is InChI=1S/C9H15N3O4/c1-16-4-2-3-10-7(13)5-6-8(14)12-9(15)11-6/h6H,2-5H2,1H3,(H,10,13)(H2,11,12,14,15). The summed E-state index contributed by atoms with van der Waals surface area (Å²) < 4.78 is 4.82. The third-order valence-electron chi connectivity index (χ3n) is 2.10. The third-order valence-corrected chi connectivity index (χ3v) is 2.10. The van der Waals surface area contributed by atoms with E-state index in [0.29, 0.717) is 19.6 Å². The minimum atomic E-state index is -0.755. The van der Waals surface area contributed by atoms with Crippen molar-refractivity contribution in [3.8, 4) is 0 Å². The molecule has 0 aliphatic carbocycles. The second kappa shape index (κ2) is 6.06. The number of rotatable bonds is 6. The van der Waals surface area contributed by atoms with Crippen molar-refractivity contribution in [2.24, 2.45) is 0 Å². The number of hydrogen-bond acceptors (Lipinski definition) is 4. The summed E-state index contributed by atoms with van der Waals surface area (Å²) in [6.07, 6.45) is 0.677. The van der Waals surface area contributed by atoms with E-state index in [9.17, 15) is 14.4 Å². The first-order chi connectivity index (χ1) is 7.63. The number of ether oxygens (including phenoxy) is 1. The van der Waals surface area contributed by atoms with Gasteiger partial charge in [0.15, 0.2) is 0 Å². The molecule has 90 valence electrons. The first-order valence-corrected chi connectivity index (χ1v) is 5.00. The maximum atomic E-state index is 11.3. The molecule has 4 amide bonds. The van der Waals surface area contributed by atoms with Crippen molar-refractivity contribution in [1.82, 2.24) is 16.0 Å². The van der Waals surface area contributed by atoms with Crippen molar-refractivity contribution in [2.75, 3.05) is 20.3 Å². The normalized spacial score (nSPS) is 19.2. The molecule has 0 aromatic rings. The zero-order valence-corrected chi connectivity index (χ0v) is 9.04. The van der Waals surface area contributed by atoms with Crippen molar-refractivity contribution in [1.29, 1.82) is 0 Å². The van der Waals surface area contributed by atoms with E-state index in [-0.39, 0.29) is 12.3 Å². The molecule has 1 aliphatic rings. The van der Waals surface area contributed by atoms with Crippen LogP contribution < -0.4 is 16.0 Å². The van der Waals surface area contributed by atoms with Gasteiger partial charge < -0.3 is 15.4 Å². The molecule has 0 bridgehead atoms.